The molecule has 1 aliphatic heterocycles. The molecule has 2 N–H and O–H groups in total. The van der Waals surface area contributed by atoms with Gasteiger partial charge < -0.3 is 15.4 Å². The molecule has 2 rings (SSSR count). The van der Waals surface area contributed by atoms with Crippen molar-refractivity contribution >= 4 is 5.91 Å². The third-order valence-electron chi connectivity index (χ3n) is 3.56. The van der Waals surface area contributed by atoms with Crippen LogP contribution in [-0.2, 0) is 11.2 Å². The Kier molecular flexibility index (Phi) is 5.21. The zero-order chi connectivity index (χ0) is 13.5. The fraction of sp³-hybridized carbons (Fsp3) is 0.533. The van der Waals surface area contributed by atoms with Crippen LogP contribution in [0.25, 0.3) is 0 Å². The lowest BCUT2D eigenvalue weighted by Gasteiger charge is -2.11. The van der Waals surface area contributed by atoms with Gasteiger partial charge in [-0.05, 0) is 43.5 Å². The van der Waals surface area contributed by atoms with E-state index in [0.717, 1.165) is 43.8 Å². The molecule has 1 fully saturated rings. The lowest BCUT2D eigenvalue weighted by Crippen LogP contribution is -2.30. The molecular formula is C15H22N2O2. The summed E-state index contributed by atoms with van der Waals surface area (Å²) in [5.41, 5.74) is 1.09. The third-order valence-corrected chi connectivity index (χ3v) is 3.56. The second-order valence-electron chi connectivity index (χ2n) is 4.97. The van der Waals surface area contributed by atoms with Crippen LogP contribution >= 0.6 is 0 Å². The molecule has 0 aliphatic carbocycles. The normalized spacial score (nSPS) is 18.3. The number of benzene rings is 1. The number of nitrogens with one attached hydrogen (secondary N) is 2. The molecule has 4 heteroatoms. The molecule has 0 bridgehead atoms. The molecule has 104 valence electrons. The quantitative estimate of drug-likeness (QED) is 0.813. The summed E-state index contributed by atoms with van der Waals surface area (Å²) in [4.78, 5) is 11.8. The molecule has 0 spiro atoms. The molecule has 0 saturated carbocycles. The molecule has 1 heterocycles. The summed E-state index contributed by atoms with van der Waals surface area (Å²) in [6, 6.07) is 7.85. The zero-order valence-electron chi connectivity index (χ0n) is 11.4. The smallest absolute Gasteiger partial charge is 0.220 e. The van der Waals surface area contributed by atoms with Crippen molar-refractivity contribution < 1.29 is 9.53 Å². The Labute approximate surface area is 114 Å². The number of carbonyl (C=O) groups excluding carboxylic acids is 1. The molecule has 1 aromatic carbocycles. The summed E-state index contributed by atoms with van der Waals surface area (Å²) in [5, 5.41) is 6.31. The first-order valence-electron chi connectivity index (χ1n) is 6.89. The van der Waals surface area contributed by atoms with E-state index in [2.05, 4.69) is 10.6 Å². The van der Waals surface area contributed by atoms with Crippen LogP contribution < -0.4 is 15.4 Å². The van der Waals surface area contributed by atoms with Crippen LogP contribution in [0, 0.1) is 5.92 Å². The molecule has 1 aromatic rings. The van der Waals surface area contributed by atoms with Gasteiger partial charge in [0.05, 0.1) is 7.11 Å². The van der Waals surface area contributed by atoms with E-state index in [9.17, 15) is 4.79 Å². The van der Waals surface area contributed by atoms with E-state index in [1.165, 1.54) is 0 Å². The summed E-state index contributed by atoms with van der Waals surface area (Å²) in [6.07, 6.45) is 2.39. The van der Waals surface area contributed by atoms with E-state index in [4.69, 9.17) is 4.74 Å². The average Bonchev–Trinajstić information content (AvgIpc) is 2.96. The Bertz CT molecular complexity index is 414. The maximum atomic E-state index is 11.8. The first kappa shape index (κ1) is 13.9. The third kappa shape index (κ3) is 4.24. The summed E-state index contributed by atoms with van der Waals surface area (Å²) < 4.78 is 5.28. The molecule has 0 aromatic heterocycles. The summed E-state index contributed by atoms with van der Waals surface area (Å²) >= 11 is 0. The molecular weight excluding hydrogens is 240 g/mol. The number of hydrogen-bond acceptors (Lipinski definition) is 3. The van der Waals surface area contributed by atoms with Crippen molar-refractivity contribution in [1.82, 2.24) is 10.6 Å². The fourth-order valence-corrected chi connectivity index (χ4v) is 2.39. The first-order chi connectivity index (χ1) is 9.29. The van der Waals surface area contributed by atoms with Crippen molar-refractivity contribution in [3.63, 3.8) is 0 Å². The van der Waals surface area contributed by atoms with Crippen LogP contribution in [0.5, 0.6) is 5.75 Å². The van der Waals surface area contributed by atoms with Crippen LogP contribution in [0.2, 0.25) is 0 Å². The molecule has 1 saturated heterocycles. The lowest BCUT2D eigenvalue weighted by atomic mass is 10.1. The highest BCUT2D eigenvalue weighted by molar-refractivity contribution is 5.76. The van der Waals surface area contributed by atoms with Gasteiger partial charge in [0, 0.05) is 13.0 Å². The van der Waals surface area contributed by atoms with E-state index in [1.54, 1.807) is 7.11 Å². The number of carbonyl (C=O) groups is 1. The lowest BCUT2D eigenvalue weighted by molar-refractivity contribution is -0.121. The van der Waals surface area contributed by atoms with Gasteiger partial charge in [-0.25, -0.2) is 0 Å². The van der Waals surface area contributed by atoms with E-state index >= 15 is 0 Å². The Morgan fingerprint density at radius 3 is 3.05 bits per heavy atom. The topological polar surface area (TPSA) is 50.4 Å². The zero-order valence-corrected chi connectivity index (χ0v) is 11.4. The van der Waals surface area contributed by atoms with Gasteiger partial charge in [-0.15, -0.1) is 0 Å². The van der Waals surface area contributed by atoms with Crippen LogP contribution in [-0.4, -0.2) is 32.7 Å². The van der Waals surface area contributed by atoms with Crippen LogP contribution in [0.3, 0.4) is 0 Å². The van der Waals surface area contributed by atoms with E-state index in [0.29, 0.717) is 12.3 Å². The van der Waals surface area contributed by atoms with E-state index in [-0.39, 0.29) is 5.91 Å². The second-order valence-corrected chi connectivity index (χ2v) is 4.97. The minimum absolute atomic E-state index is 0.123. The predicted octanol–water partition coefficient (Wildman–Crippen LogP) is 1.35. The Morgan fingerprint density at radius 2 is 2.32 bits per heavy atom. The maximum Gasteiger partial charge on any atom is 0.220 e. The number of rotatable bonds is 6. The Morgan fingerprint density at radius 1 is 1.47 bits per heavy atom. The summed E-state index contributed by atoms with van der Waals surface area (Å²) in [6.45, 7) is 2.88. The van der Waals surface area contributed by atoms with Crippen molar-refractivity contribution in [2.75, 3.05) is 26.7 Å². The Balaban J connectivity index is 1.73. The molecule has 19 heavy (non-hydrogen) atoms. The minimum atomic E-state index is 0.123. The van der Waals surface area contributed by atoms with Gasteiger partial charge in [0.25, 0.3) is 0 Å². The number of ether oxygens (including phenoxy) is 1. The van der Waals surface area contributed by atoms with Crippen molar-refractivity contribution in [3.8, 4) is 5.75 Å². The highest BCUT2D eigenvalue weighted by Crippen LogP contribution is 2.18. The molecule has 1 unspecified atom stereocenters. The highest BCUT2D eigenvalue weighted by Gasteiger charge is 2.15. The average molecular weight is 262 g/mol. The maximum absolute atomic E-state index is 11.8. The summed E-state index contributed by atoms with van der Waals surface area (Å²) in [7, 11) is 1.66. The molecule has 1 aliphatic rings. The van der Waals surface area contributed by atoms with Crippen LogP contribution in [0.15, 0.2) is 24.3 Å². The van der Waals surface area contributed by atoms with Crippen LogP contribution in [0.1, 0.15) is 18.4 Å². The second kappa shape index (κ2) is 7.14. The van der Waals surface area contributed by atoms with Crippen molar-refractivity contribution in [1.29, 1.82) is 0 Å². The molecule has 1 atom stereocenters. The highest BCUT2D eigenvalue weighted by atomic mass is 16.5. The van der Waals surface area contributed by atoms with Gasteiger partial charge in [-0.1, -0.05) is 18.2 Å². The molecule has 1 amide bonds. The number of aryl methyl sites for hydroxylation is 1. The first-order valence-corrected chi connectivity index (χ1v) is 6.89. The molecule has 4 nitrogen and oxygen atoms in total. The molecule has 0 radical (unpaired) electrons. The van der Waals surface area contributed by atoms with Gasteiger partial charge in [-0.3, -0.25) is 4.79 Å². The van der Waals surface area contributed by atoms with E-state index < -0.39 is 0 Å². The van der Waals surface area contributed by atoms with Crippen molar-refractivity contribution in [3.05, 3.63) is 29.8 Å². The number of methoxy groups -OCH3 is 1. The van der Waals surface area contributed by atoms with Gasteiger partial charge in [0.2, 0.25) is 5.91 Å². The predicted molar refractivity (Wildman–Crippen MR) is 75.3 cm³/mol. The fourth-order valence-electron chi connectivity index (χ4n) is 2.39. The van der Waals surface area contributed by atoms with Crippen LogP contribution in [0.4, 0.5) is 0 Å². The standard InChI is InChI=1S/C15H22N2O2/c1-19-14-5-3-2-4-13(14)6-7-15(18)17-11-12-8-9-16-10-12/h2-5,12,16H,6-11H2,1H3,(H,17,18). The number of amides is 1. The Hall–Kier alpha value is -1.55. The van der Waals surface area contributed by atoms with E-state index in [1.807, 2.05) is 24.3 Å². The van der Waals surface area contributed by atoms with Gasteiger partial charge in [0.15, 0.2) is 0 Å². The van der Waals surface area contributed by atoms with Gasteiger partial charge in [0.1, 0.15) is 5.75 Å². The number of para-hydroxylation sites is 1. The monoisotopic (exact) mass is 262 g/mol. The SMILES string of the molecule is COc1ccccc1CCC(=O)NCC1CCNC1. The number of hydrogen-bond donors (Lipinski definition) is 2. The van der Waals surface area contributed by atoms with Crippen molar-refractivity contribution in [2.24, 2.45) is 5.92 Å². The summed E-state index contributed by atoms with van der Waals surface area (Å²) in [5.74, 6) is 1.57. The van der Waals surface area contributed by atoms with Gasteiger partial charge in [-0.2, -0.15) is 0 Å². The largest absolute Gasteiger partial charge is 0.496 e. The minimum Gasteiger partial charge on any atom is -0.496 e. The van der Waals surface area contributed by atoms with Gasteiger partial charge >= 0.3 is 0 Å². The van der Waals surface area contributed by atoms with Crippen molar-refractivity contribution in [2.45, 2.75) is 19.3 Å².